The molecule has 1 atom stereocenters. The highest BCUT2D eigenvalue weighted by Gasteiger charge is 2.50. The zero-order chi connectivity index (χ0) is 20.0. The van der Waals surface area contributed by atoms with Gasteiger partial charge in [-0.25, -0.2) is 0 Å². The summed E-state index contributed by atoms with van der Waals surface area (Å²) in [5, 5.41) is 11.2. The molecule has 2 heterocycles. The number of hydrogen-bond donors (Lipinski definition) is 1. The second-order valence-electron chi connectivity index (χ2n) is 8.35. The van der Waals surface area contributed by atoms with Crippen LogP contribution in [0.4, 0.5) is 0 Å². The molecular weight excluding hydrogens is 366 g/mol. The molecule has 2 aromatic rings. The number of aliphatic hydroxyl groups is 1. The van der Waals surface area contributed by atoms with Crippen LogP contribution < -0.4 is 0 Å². The monoisotopic (exact) mass is 391 g/mol. The van der Waals surface area contributed by atoms with Crippen molar-refractivity contribution >= 4 is 17.4 Å². The minimum Gasteiger partial charge on any atom is -0.507 e. The van der Waals surface area contributed by atoms with Gasteiger partial charge in [0.05, 0.1) is 11.8 Å². The molecule has 2 aliphatic carbocycles. The molecule has 1 saturated carbocycles. The summed E-state index contributed by atoms with van der Waals surface area (Å²) in [6.45, 7) is 0. The maximum absolute atomic E-state index is 13.0. The van der Waals surface area contributed by atoms with Gasteiger partial charge in [0.1, 0.15) is 17.6 Å². The maximum atomic E-state index is 13.0. The van der Waals surface area contributed by atoms with Crippen molar-refractivity contribution in [2.24, 2.45) is 0 Å². The fraction of sp³-hybridized carbons (Fsp3) is 0.417. The Morgan fingerprint density at radius 3 is 2.48 bits per heavy atom. The van der Waals surface area contributed by atoms with Crippen LogP contribution in [0.1, 0.15) is 67.0 Å². The van der Waals surface area contributed by atoms with Gasteiger partial charge in [0, 0.05) is 11.6 Å². The number of carbonyl (C=O) groups is 2. The average Bonchev–Trinajstić information content (AvgIpc) is 3.49. The maximum Gasteiger partial charge on any atom is 0.296 e. The summed E-state index contributed by atoms with van der Waals surface area (Å²) in [5.41, 5.74) is 3.28. The molecule has 5 rings (SSSR count). The van der Waals surface area contributed by atoms with E-state index in [1.165, 1.54) is 17.5 Å². The van der Waals surface area contributed by atoms with Gasteiger partial charge in [0.25, 0.3) is 11.7 Å². The van der Waals surface area contributed by atoms with Crippen LogP contribution >= 0.6 is 0 Å². The van der Waals surface area contributed by atoms with Crippen molar-refractivity contribution in [3.05, 3.63) is 64.6 Å². The summed E-state index contributed by atoms with van der Waals surface area (Å²) in [4.78, 5) is 27.6. The molecule has 0 radical (unpaired) electrons. The predicted molar refractivity (Wildman–Crippen MR) is 108 cm³/mol. The number of rotatable bonds is 3. The molecular formula is C24H25NO4. The van der Waals surface area contributed by atoms with E-state index in [1.54, 1.807) is 23.3 Å². The third kappa shape index (κ3) is 3.00. The van der Waals surface area contributed by atoms with Gasteiger partial charge in [-0.15, -0.1) is 0 Å². The number of ketones is 1. The number of benzene rings is 1. The summed E-state index contributed by atoms with van der Waals surface area (Å²) in [7, 11) is 0. The summed E-state index contributed by atoms with van der Waals surface area (Å²) in [5.74, 6) is -0.722. The number of aryl methyl sites for hydroxylation is 2. The zero-order valence-corrected chi connectivity index (χ0v) is 16.4. The number of hydrogen-bond acceptors (Lipinski definition) is 4. The lowest BCUT2D eigenvalue weighted by atomic mass is 9.89. The second kappa shape index (κ2) is 7.21. The molecule has 1 amide bonds. The predicted octanol–water partition coefficient (Wildman–Crippen LogP) is 4.52. The van der Waals surface area contributed by atoms with Crippen LogP contribution in [0.2, 0.25) is 0 Å². The zero-order valence-electron chi connectivity index (χ0n) is 16.4. The summed E-state index contributed by atoms with van der Waals surface area (Å²) in [6.07, 6.45) is 9.74. The topological polar surface area (TPSA) is 70.8 Å². The van der Waals surface area contributed by atoms with Gasteiger partial charge >= 0.3 is 0 Å². The molecule has 1 saturated heterocycles. The van der Waals surface area contributed by atoms with Crippen LogP contribution in [-0.4, -0.2) is 27.7 Å². The summed E-state index contributed by atoms with van der Waals surface area (Å²) >= 11 is 0. The van der Waals surface area contributed by atoms with E-state index < -0.39 is 17.7 Å². The van der Waals surface area contributed by atoms with Crippen LogP contribution in [0.5, 0.6) is 0 Å². The van der Waals surface area contributed by atoms with Crippen LogP contribution in [0, 0.1) is 0 Å². The highest BCUT2D eigenvalue weighted by atomic mass is 16.3. The Kier molecular flexibility index (Phi) is 4.53. The first kappa shape index (κ1) is 18.2. The lowest BCUT2D eigenvalue weighted by Gasteiger charge is -2.29. The number of fused-ring (bicyclic) bond motifs is 1. The molecule has 5 nitrogen and oxygen atoms in total. The van der Waals surface area contributed by atoms with Crippen molar-refractivity contribution in [2.75, 3.05) is 0 Å². The van der Waals surface area contributed by atoms with Gasteiger partial charge in [-0.2, -0.15) is 0 Å². The standard InChI is InChI=1S/C24H25NO4/c26-22(17-12-11-15-6-1-2-7-16(15)14-17)20-21(19-10-5-13-29-19)25(24(28)23(20)27)18-8-3-4-9-18/h5,10-14,18,21,26H,1-4,6-9H2/b22-20-. The Balaban J connectivity index is 1.63. The van der Waals surface area contributed by atoms with Crippen LogP contribution in [0.15, 0.2) is 46.6 Å². The number of furan rings is 1. The lowest BCUT2D eigenvalue weighted by molar-refractivity contribution is -0.141. The number of carbonyl (C=O) groups excluding carboxylic acids is 2. The van der Waals surface area contributed by atoms with Gasteiger partial charge in [-0.3, -0.25) is 9.59 Å². The second-order valence-corrected chi connectivity index (χ2v) is 8.35. The smallest absolute Gasteiger partial charge is 0.296 e. The Bertz CT molecular complexity index is 982. The summed E-state index contributed by atoms with van der Waals surface area (Å²) < 4.78 is 5.62. The van der Waals surface area contributed by atoms with Crippen LogP contribution in [0.25, 0.3) is 5.76 Å². The Labute approximate surface area is 170 Å². The Morgan fingerprint density at radius 2 is 1.76 bits per heavy atom. The third-order valence-electron chi connectivity index (χ3n) is 6.63. The lowest BCUT2D eigenvalue weighted by Crippen LogP contribution is -2.37. The van der Waals surface area contributed by atoms with Gasteiger partial charge in [0.2, 0.25) is 0 Å². The fourth-order valence-corrected chi connectivity index (χ4v) is 5.17. The number of likely N-dealkylation sites (tertiary alicyclic amines) is 1. The Hall–Kier alpha value is -2.82. The van der Waals surface area contributed by atoms with E-state index in [1.807, 2.05) is 18.2 Å². The average molecular weight is 391 g/mol. The Morgan fingerprint density at radius 1 is 1.00 bits per heavy atom. The van der Waals surface area contributed by atoms with Crippen molar-refractivity contribution in [1.29, 1.82) is 0 Å². The third-order valence-corrected chi connectivity index (χ3v) is 6.63. The summed E-state index contributed by atoms with van der Waals surface area (Å²) in [6, 6.07) is 8.76. The van der Waals surface area contributed by atoms with Crippen molar-refractivity contribution in [3.63, 3.8) is 0 Å². The van der Waals surface area contributed by atoms with Gasteiger partial charge < -0.3 is 14.4 Å². The molecule has 1 aromatic heterocycles. The SMILES string of the molecule is O=C1C(=O)N(C2CCCC2)C(c2ccco2)/C1=C(/O)c1ccc2c(c1)CCCC2. The van der Waals surface area contributed by atoms with E-state index in [0.717, 1.165) is 44.9 Å². The first-order chi connectivity index (χ1) is 14.1. The molecule has 1 unspecified atom stereocenters. The highest BCUT2D eigenvalue weighted by Crippen LogP contribution is 2.43. The number of Topliss-reactive ketones (excluding diaryl/α,β-unsaturated/α-hetero) is 1. The highest BCUT2D eigenvalue weighted by molar-refractivity contribution is 6.46. The van der Waals surface area contributed by atoms with E-state index in [4.69, 9.17) is 4.42 Å². The normalized spacial score (nSPS) is 24.3. The van der Waals surface area contributed by atoms with E-state index in [9.17, 15) is 14.7 Å². The minimum atomic E-state index is -0.663. The number of amides is 1. The molecule has 0 spiro atoms. The van der Waals surface area contributed by atoms with E-state index >= 15 is 0 Å². The molecule has 3 aliphatic rings. The molecule has 2 fully saturated rings. The van der Waals surface area contributed by atoms with E-state index in [-0.39, 0.29) is 17.4 Å². The molecule has 5 heteroatoms. The molecule has 150 valence electrons. The van der Waals surface area contributed by atoms with E-state index in [2.05, 4.69) is 0 Å². The quantitative estimate of drug-likeness (QED) is 0.474. The van der Waals surface area contributed by atoms with Gasteiger partial charge in [-0.1, -0.05) is 25.0 Å². The van der Waals surface area contributed by atoms with Crippen molar-refractivity contribution in [3.8, 4) is 0 Å². The van der Waals surface area contributed by atoms with E-state index in [0.29, 0.717) is 11.3 Å². The van der Waals surface area contributed by atoms with Crippen molar-refractivity contribution < 1.29 is 19.1 Å². The van der Waals surface area contributed by atoms with Crippen molar-refractivity contribution in [1.82, 2.24) is 4.90 Å². The van der Waals surface area contributed by atoms with Crippen LogP contribution in [-0.2, 0) is 22.4 Å². The molecule has 1 N–H and O–H groups in total. The first-order valence-corrected chi connectivity index (χ1v) is 10.6. The minimum absolute atomic E-state index is 0.00961. The molecule has 1 aromatic carbocycles. The number of nitrogens with zero attached hydrogens (tertiary/aromatic N) is 1. The van der Waals surface area contributed by atoms with Crippen LogP contribution in [0.3, 0.4) is 0 Å². The molecule has 29 heavy (non-hydrogen) atoms. The fourth-order valence-electron chi connectivity index (χ4n) is 5.17. The van der Waals surface area contributed by atoms with Gasteiger partial charge in [0.15, 0.2) is 0 Å². The number of aliphatic hydroxyl groups excluding tert-OH is 1. The largest absolute Gasteiger partial charge is 0.507 e. The molecule has 1 aliphatic heterocycles. The molecule has 0 bridgehead atoms. The van der Waals surface area contributed by atoms with Crippen molar-refractivity contribution in [2.45, 2.75) is 63.5 Å². The van der Waals surface area contributed by atoms with Gasteiger partial charge in [-0.05, 0) is 67.9 Å². The first-order valence-electron chi connectivity index (χ1n) is 10.6.